The summed E-state index contributed by atoms with van der Waals surface area (Å²) in [5.41, 5.74) is 7.32. The molecule has 0 spiro atoms. The summed E-state index contributed by atoms with van der Waals surface area (Å²) >= 11 is 3.27. The number of amides is 1. The van der Waals surface area contributed by atoms with Crippen molar-refractivity contribution in [2.45, 2.75) is 19.0 Å². The summed E-state index contributed by atoms with van der Waals surface area (Å²) in [6.07, 6.45) is 0.166. The van der Waals surface area contributed by atoms with Gasteiger partial charge >= 0.3 is 0 Å². The molecule has 1 unspecified atom stereocenters. The number of halogens is 2. The van der Waals surface area contributed by atoms with Gasteiger partial charge in [-0.1, -0.05) is 46.3 Å². The molecule has 0 saturated heterocycles. The molecule has 0 aliphatic heterocycles. The fraction of sp³-hybridized carbons (Fsp3) is 0.188. The van der Waals surface area contributed by atoms with Gasteiger partial charge in [0.2, 0.25) is 5.91 Å². The summed E-state index contributed by atoms with van der Waals surface area (Å²) < 4.78 is 14.3. The molecule has 2 aromatic rings. The Kier molecular flexibility index (Phi) is 5.47. The maximum absolute atomic E-state index is 13.6. The summed E-state index contributed by atoms with van der Waals surface area (Å²) in [5.74, 6) is -0.545. The van der Waals surface area contributed by atoms with Crippen LogP contribution < -0.4 is 11.1 Å². The van der Waals surface area contributed by atoms with E-state index in [1.807, 2.05) is 30.3 Å². The van der Waals surface area contributed by atoms with Crippen LogP contribution in [0.5, 0.6) is 0 Å². The van der Waals surface area contributed by atoms with Crippen molar-refractivity contribution in [3.05, 3.63) is 69.9 Å². The van der Waals surface area contributed by atoms with Crippen LogP contribution >= 0.6 is 15.9 Å². The van der Waals surface area contributed by atoms with E-state index >= 15 is 0 Å². The first-order chi connectivity index (χ1) is 10.1. The molecule has 110 valence electrons. The predicted octanol–water partition coefficient (Wildman–Crippen LogP) is 3.29. The van der Waals surface area contributed by atoms with Crippen LogP contribution in [0.2, 0.25) is 0 Å². The predicted molar refractivity (Wildman–Crippen MR) is 83.9 cm³/mol. The largest absolute Gasteiger partial charge is 0.352 e. The fourth-order valence-corrected chi connectivity index (χ4v) is 2.37. The van der Waals surface area contributed by atoms with Gasteiger partial charge in [0.05, 0.1) is 0 Å². The number of nitrogens with one attached hydrogen (secondary N) is 1. The standard InChI is InChI=1S/C16H16BrFN2O/c17-13-6-7-14(18)12(8-13)10-20-16(21)9-15(19)11-4-2-1-3-5-11/h1-8,15H,9-10,19H2,(H,20,21). The average Bonchev–Trinajstić information content (AvgIpc) is 2.49. The lowest BCUT2D eigenvalue weighted by atomic mass is 10.0. The second kappa shape index (κ2) is 7.33. The average molecular weight is 351 g/mol. The molecule has 5 heteroatoms. The van der Waals surface area contributed by atoms with Gasteiger partial charge in [0, 0.05) is 29.0 Å². The first-order valence-electron chi connectivity index (χ1n) is 6.57. The van der Waals surface area contributed by atoms with Crippen molar-refractivity contribution in [3.63, 3.8) is 0 Å². The third-order valence-electron chi connectivity index (χ3n) is 3.12. The zero-order valence-electron chi connectivity index (χ0n) is 11.4. The molecule has 0 aromatic heterocycles. The number of hydrogen-bond acceptors (Lipinski definition) is 2. The lowest BCUT2D eigenvalue weighted by molar-refractivity contribution is -0.121. The van der Waals surface area contributed by atoms with Crippen molar-refractivity contribution >= 4 is 21.8 Å². The van der Waals surface area contributed by atoms with Crippen molar-refractivity contribution in [2.24, 2.45) is 5.73 Å². The lowest BCUT2D eigenvalue weighted by Crippen LogP contribution is -2.27. The molecule has 2 aromatic carbocycles. The van der Waals surface area contributed by atoms with Crippen LogP contribution in [0.25, 0.3) is 0 Å². The van der Waals surface area contributed by atoms with Gasteiger partial charge in [-0.15, -0.1) is 0 Å². The molecule has 0 saturated carbocycles. The monoisotopic (exact) mass is 350 g/mol. The summed E-state index contributed by atoms with van der Waals surface area (Å²) in [7, 11) is 0. The maximum atomic E-state index is 13.6. The van der Waals surface area contributed by atoms with Gasteiger partial charge < -0.3 is 11.1 Å². The Morgan fingerprint density at radius 3 is 2.67 bits per heavy atom. The molecule has 0 fully saturated rings. The van der Waals surface area contributed by atoms with Crippen LogP contribution in [0.4, 0.5) is 4.39 Å². The number of hydrogen-bond donors (Lipinski definition) is 2. The van der Waals surface area contributed by atoms with Crippen molar-refractivity contribution in [1.82, 2.24) is 5.32 Å². The Balaban J connectivity index is 1.89. The first kappa shape index (κ1) is 15.7. The van der Waals surface area contributed by atoms with Crippen LogP contribution in [-0.2, 0) is 11.3 Å². The minimum absolute atomic E-state index is 0.144. The molecule has 3 nitrogen and oxygen atoms in total. The van der Waals surface area contributed by atoms with Crippen molar-refractivity contribution in [1.29, 1.82) is 0 Å². The summed E-state index contributed by atoms with van der Waals surface area (Å²) in [5, 5.41) is 2.69. The second-order valence-electron chi connectivity index (χ2n) is 4.73. The van der Waals surface area contributed by atoms with E-state index in [2.05, 4.69) is 21.2 Å². The van der Waals surface area contributed by atoms with E-state index in [1.165, 1.54) is 6.07 Å². The number of carbonyl (C=O) groups excluding carboxylic acids is 1. The zero-order valence-corrected chi connectivity index (χ0v) is 12.9. The molecule has 1 atom stereocenters. The number of benzene rings is 2. The molecule has 0 aliphatic rings. The van der Waals surface area contributed by atoms with Crippen molar-refractivity contribution in [2.75, 3.05) is 0 Å². The van der Waals surface area contributed by atoms with Gasteiger partial charge in [-0.05, 0) is 23.8 Å². The lowest BCUT2D eigenvalue weighted by Gasteiger charge is -2.12. The Labute approximate surface area is 131 Å². The zero-order chi connectivity index (χ0) is 15.2. The molecule has 21 heavy (non-hydrogen) atoms. The second-order valence-corrected chi connectivity index (χ2v) is 5.65. The van der Waals surface area contributed by atoms with Crippen LogP contribution in [0.3, 0.4) is 0 Å². The Morgan fingerprint density at radius 2 is 1.95 bits per heavy atom. The summed E-state index contributed by atoms with van der Waals surface area (Å²) in [6.45, 7) is 0.144. The third kappa shape index (κ3) is 4.65. The van der Waals surface area contributed by atoms with Crippen molar-refractivity contribution in [3.8, 4) is 0 Å². The highest BCUT2D eigenvalue weighted by molar-refractivity contribution is 9.10. The van der Waals surface area contributed by atoms with E-state index < -0.39 is 0 Å². The van der Waals surface area contributed by atoms with Gasteiger partial charge in [0.1, 0.15) is 5.82 Å². The molecule has 0 radical (unpaired) electrons. The van der Waals surface area contributed by atoms with E-state index in [4.69, 9.17) is 5.73 Å². The van der Waals surface area contributed by atoms with Crippen LogP contribution in [0.1, 0.15) is 23.6 Å². The minimum Gasteiger partial charge on any atom is -0.352 e. The van der Waals surface area contributed by atoms with Gasteiger partial charge in [0.15, 0.2) is 0 Å². The Hall–Kier alpha value is -1.72. The first-order valence-corrected chi connectivity index (χ1v) is 7.36. The smallest absolute Gasteiger partial charge is 0.222 e. The van der Waals surface area contributed by atoms with Gasteiger partial charge in [0.25, 0.3) is 0 Å². The Morgan fingerprint density at radius 1 is 1.24 bits per heavy atom. The number of nitrogens with two attached hydrogens (primary N) is 1. The van der Waals surface area contributed by atoms with E-state index in [0.717, 1.165) is 10.0 Å². The SMILES string of the molecule is NC(CC(=O)NCc1cc(Br)ccc1F)c1ccccc1. The maximum Gasteiger partial charge on any atom is 0.222 e. The minimum atomic E-state index is -0.362. The highest BCUT2D eigenvalue weighted by Crippen LogP contribution is 2.16. The molecule has 1 amide bonds. The highest BCUT2D eigenvalue weighted by Gasteiger charge is 2.12. The van der Waals surface area contributed by atoms with Crippen molar-refractivity contribution < 1.29 is 9.18 Å². The normalized spacial score (nSPS) is 12.0. The molecular weight excluding hydrogens is 335 g/mol. The molecular formula is C16H16BrFN2O. The van der Waals surface area contributed by atoms with Gasteiger partial charge in [-0.25, -0.2) is 4.39 Å². The molecule has 2 rings (SSSR count). The van der Waals surface area contributed by atoms with Crippen LogP contribution in [0.15, 0.2) is 53.0 Å². The third-order valence-corrected chi connectivity index (χ3v) is 3.61. The fourth-order valence-electron chi connectivity index (χ4n) is 1.96. The van der Waals surface area contributed by atoms with E-state index in [-0.39, 0.29) is 30.7 Å². The number of carbonyl (C=O) groups is 1. The van der Waals surface area contributed by atoms with Gasteiger partial charge in [-0.2, -0.15) is 0 Å². The van der Waals surface area contributed by atoms with E-state index in [0.29, 0.717) is 5.56 Å². The molecule has 3 N–H and O–H groups in total. The van der Waals surface area contributed by atoms with Crippen LogP contribution in [-0.4, -0.2) is 5.91 Å². The van der Waals surface area contributed by atoms with E-state index in [1.54, 1.807) is 12.1 Å². The molecule has 0 heterocycles. The molecule has 0 bridgehead atoms. The summed E-state index contributed by atoms with van der Waals surface area (Å²) in [4.78, 5) is 11.9. The van der Waals surface area contributed by atoms with Gasteiger partial charge in [-0.3, -0.25) is 4.79 Å². The molecule has 0 aliphatic carbocycles. The van der Waals surface area contributed by atoms with Crippen LogP contribution in [0, 0.1) is 5.82 Å². The number of rotatable bonds is 5. The van der Waals surface area contributed by atoms with E-state index in [9.17, 15) is 9.18 Å². The highest BCUT2D eigenvalue weighted by atomic mass is 79.9. The quantitative estimate of drug-likeness (QED) is 0.869. The topological polar surface area (TPSA) is 55.1 Å². The summed E-state index contributed by atoms with van der Waals surface area (Å²) in [6, 6.07) is 13.7. The Bertz CT molecular complexity index is 619.